The van der Waals surface area contributed by atoms with Crippen molar-refractivity contribution in [1.82, 2.24) is 4.98 Å². The lowest BCUT2D eigenvalue weighted by molar-refractivity contribution is -0.142. The van der Waals surface area contributed by atoms with Crippen LogP contribution in [-0.4, -0.2) is 37.1 Å². The lowest BCUT2D eigenvalue weighted by atomic mass is 10.3. The van der Waals surface area contributed by atoms with Gasteiger partial charge in [-0.1, -0.05) is 11.8 Å². The maximum absolute atomic E-state index is 12.3. The Hall–Kier alpha value is -1.95. The second-order valence-corrected chi connectivity index (χ2v) is 9.41. The van der Waals surface area contributed by atoms with E-state index < -0.39 is 15.3 Å². The molecule has 0 aliphatic carbocycles. The van der Waals surface area contributed by atoms with Gasteiger partial charge in [0.25, 0.3) is 0 Å². The minimum Gasteiger partial charge on any atom is -0.466 e. The second-order valence-electron chi connectivity index (χ2n) is 5.41. The Kier molecular flexibility index (Phi) is 7.36. The van der Waals surface area contributed by atoms with E-state index in [-0.39, 0.29) is 23.2 Å². The maximum Gasteiger partial charge on any atom is 0.311 e. The first-order chi connectivity index (χ1) is 12.7. The number of nitrogens with one attached hydrogen (secondary N) is 1. The summed E-state index contributed by atoms with van der Waals surface area (Å²) in [6, 6.07) is 5.59. The third-order valence-corrected chi connectivity index (χ3v) is 6.31. The summed E-state index contributed by atoms with van der Waals surface area (Å²) in [5.41, 5.74) is 1.06. The smallest absolute Gasteiger partial charge is 0.311 e. The van der Waals surface area contributed by atoms with Crippen LogP contribution in [0.2, 0.25) is 0 Å². The van der Waals surface area contributed by atoms with Crippen LogP contribution in [-0.2, 0) is 30.8 Å². The molecule has 0 saturated carbocycles. The van der Waals surface area contributed by atoms with Gasteiger partial charge in [-0.3, -0.25) is 9.59 Å². The number of esters is 1. The molecule has 3 N–H and O–H groups in total. The number of hydrogen-bond donors (Lipinski definition) is 2. The molecule has 0 fully saturated rings. The zero-order valence-electron chi connectivity index (χ0n) is 14.7. The number of primary sulfonamides is 1. The largest absolute Gasteiger partial charge is 0.466 e. The molecular formula is C16H19N3O5S3. The molecule has 2 rings (SSSR count). The lowest BCUT2D eigenvalue weighted by Crippen LogP contribution is -2.22. The van der Waals surface area contributed by atoms with Crippen molar-refractivity contribution < 1.29 is 22.7 Å². The summed E-state index contributed by atoms with van der Waals surface area (Å²) < 4.78 is 28.0. The highest BCUT2D eigenvalue weighted by Crippen LogP contribution is 2.28. The van der Waals surface area contributed by atoms with Gasteiger partial charge in [-0.25, -0.2) is 18.5 Å². The van der Waals surface area contributed by atoms with Crippen LogP contribution in [0.15, 0.2) is 38.9 Å². The van der Waals surface area contributed by atoms with E-state index in [0.29, 0.717) is 22.3 Å². The monoisotopic (exact) mass is 429 g/mol. The molecule has 1 heterocycles. The van der Waals surface area contributed by atoms with E-state index in [9.17, 15) is 18.0 Å². The molecule has 0 bridgehead atoms. The fourth-order valence-electron chi connectivity index (χ4n) is 1.96. The number of amides is 1. The van der Waals surface area contributed by atoms with Crippen molar-refractivity contribution in [3.8, 4) is 0 Å². The highest BCUT2D eigenvalue weighted by Gasteiger charge is 2.18. The fourth-order valence-corrected chi connectivity index (χ4v) is 4.46. The van der Waals surface area contributed by atoms with E-state index in [4.69, 9.17) is 9.88 Å². The maximum atomic E-state index is 12.3. The molecule has 1 amide bonds. The summed E-state index contributed by atoms with van der Waals surface area (Å²) in [5.74, 6) is -0.599. The van der Waals surface area contributed by atoms with E-state index in [1.807, 2.05) is 0 Å². The van der Waals surface area contributed by atoms with Gasteiger partial charge in [0.05, 0.1) is 28.9 Å². The highest BCUT2D eigenvalue weighted by atomic mass is 32.2. The molecule has 0 spiro atoms. The zero-order valence-corrected chi connectivity index (χ0v) is 17.1. The van der Waals surface area contributed by atoms with Crippen LogP contribution < -0.4 is 10.5 Å². The third-order valence-electron chi connectivity index (χ3n) is 3.26. The number of nitrogens with zero attached hydrogens (tertiary/aromatic N) is 1. The van der Waals surface area contributed by atoms with Crippen molar-refractivity contribution in [3.63, 3.8) is 0 Å². The summed E-state index contributed by atoms with van der Waals surface area (Å²) in [6.45, 7) is 3.79. The molecule has 0 radical (unpaired) electrons. The number of anilines is 1. The van der Waals surface area contributed by atoms with E-state index in [1.54, 1.807) is 19.2 Å². The number of sulfonamides is 1. The molecular weight excluding hydrogens is 410 g/mol. The highest BCUT2D eigenvalue weighted by molar-refractivity contribution is 8.02. The Morgan fingerprint density at radius 2 is 2.00 bits per heavy atom. The number of benzene rings is 1. The van der Waals surface area contributed by atoms with Crippen LogP contribution in [0.4, 0.5) is 5.69 Å². The molecule has 1 aromatic carbocycles. The third kappa shape index (κ3) is 6.61. The van der Waals surface area contributed by atoms with Gasteiger partial charge in [0, 0.05) is 11.1 Å². The first-order valence-corrected chi connectivity index (χ1v) is 11.2. The Balaban J connectivity index is 1.92. The summed E-state index contributed by atoms with van der Waals surface area (Å²) in [7, 11) is -3.77. The average Bonchev–Trinajstić information content (AvgIpc) is 3.01. The van der Waals surface area contributed by atoms with E-state index in [0.717, 1.165) is 0 Å². The van der Waals surface area contributed by atoms with Gasteiger partial charge in [0.2, 0.25) is 15.9 Å². The number of ether oxygens (including phenoxy) is 1. The number of carbonyl (C=O) groups excluding carboxylic acids is 2. The number of hydrogen-bond acceptors (Lipinski definition) is 8. The minimum atomic E-state index is -3.77. The minimum absolute atomic E-state index is 0.0279. The summed E-state index contributed by atoms with van der Waals surface area (Å²) in [5, 5.41) is 9.06. The number of nitrogens with two attached hydrogens (primary N) is 1. The number of thiazole rings is 1. The van der Waals surface area contributed by atoms with E-state index >= 15 is 0 Å². The number of rotatable bonds is 8. The summed E-state index contributed by atoms with van der Waals surface area (Å²) in [4.78, 5) is 28.1. The Bertz CT molecular complexity index is 910. The van der Waals surface area contributed by atoms with Gasteiger partial charge >= 0.3 is 5.97 Å². The summed E-state index contributed by atoms with van der Waals surface area (Å²) >= 11 is 2.62. The van der Waals surface area contributed by atoms with E-state index in [2.05, 4.69) is 10.3 Å². The molecule has 8 nitrogen and oxygen atoms in total. The topological polar surface area (TPSA) is 128 Å². The molecule has 1 atom stereocenters. The quantitative estimate of drug-likeness (QED) is 0.485. The molecule has 0 aliphatic rings. The number of thioether (sulfide) groups is 1. The lowest BCUT2D eigenvalue weighted by Gasteiger charge is -2.10. The van der Waals surface area contributed by atoms with Crippen LogP contribution in [0.25, 0.3) is 0 Å². The fraction of sp³-hybridized carbons (Fsp3) is 0.312. The van der Waals surface area contributed by atoms with Crippen molar-refractivity contribution in [1.29, 1.82) is 0 Å². The van der Waals surface area contributed by atoms with Gasteiger partial charge in [0.15, 0.2) is 4.34 Å². The number of carbonyl (C=O) groups is 2. The van der Waals surface area contributed by atoms with Crippen LogP contribution >= 0.6 is 23.1 Å². The van der Waals surface area contributed by atoms with Crippen molar-refractivity contribution in [2.24, 2.45) is 5.14 Å². The second kappa shape index (κ2) is 9.31. The summed E-state index contributed by atoms with van der Waals surface area (Å²) in [6.07, 6.45) is 0.0991. The van der Waals surface area contributed by atoms with Gasteiger partial charge in [-0.15, -0.1) is 11.3 Å². The Morgan fingerprint density at radius 1 is 1.33 bits per heavy atom. The SMILES string of the molecule is CCOC(=O)Cc1csc(S[C@@H](C)C(=O)Nc2ccc(S(N)(=O)=O)cc2)n1. The van der Waals surface area contributed by atoms with Crippen molar-refractivity contribution in [3.05, 3.63) is 35.3 Å². The first kappa shape index (κ1) is 21.4. The van der Waals surface area contributed by atoms with Gasteiger partial charge < -0.3 is 10.1 Å². The van der Waals surface area contributed by atoms with Gasteiger partial charge in [-0.05, 0) is 38.1 Å². The van der Waals surface area contributed by atoms with Crippen molar-refractivity contribution in [2.75, 3.05) is 11.9 Å². The molecule has 0 saturated heterocycles. The van der Waals surface area contributed by atoms with Gasteiger partial charge in [-0.2, -0.15) is 0 Å². The van der Waals surface area contributed by atoms with Crippen molar-refractivity contribution in [2.45, 2.75) is 34.8 Å². The predicted octanol–water partition coefficient (Wildman–Crippen LogP) is 2.02. The molecule has 2 aromatic rings. The van der Waals surface area contributed by atoms with Crippen LogP contribution in [0.3, 0.4) is 0 Å². The predicted molar refractivity (Wildman–Crippen MR) is 104 cm³/mol. The van der Waals surface area contributed by atoms with Crippen LogP contribution in [0.5, 0.6) is 0 Å². The standard InChI is InChI=1S/C16H19N3O5S3/c1-3-24-14(20)8-12-9-25-16(19-12)26-10(2)15(21)18-11-4-6-13(7-5-11)27(17,22)23/h4-7,9-10H,3,8H2,1-2H3,(H,18,21)(H2,17,22,23)/t10-/m0/s1. The molecule has 146 valence electrons. The normalized spacial score (nSPS) is 12.4. The molecule has 0 aliphatic heterocycles. The van der Waals surface area contributed by atoms with Crippen LogP contribution in [0.1, 0.15) is 19.5 Å². The number of aromatic nitrogens is 1. The molecule has 1 aromatic heterocycles. The molecule has 0 unspecified atom stereocenters. The molecule has 11 heteroatoms. The van der Waals surface area contributed by atoms with E-state index in [1.165, 1.54) is 47.4 Å². The van der Waals surface area contributed by atoms with Crippen molar-refractivity contribution >= 4 is 50.7 Å². The zero-order chi connectivity index (χ0) is 20.0. The first-order valence-electron chi connectivity index (χ1n) is 7.89. The van der Waals surface area contributed by atoms with Crippen LogP contribution in [0, 0.1) is 0 Å². The molecule has 27 heavy (non-hydrogen) atoms. The average molecular weight is 430 g/mol. The Labute approximate surface area is 165 Å². The Morgan fingerprint density at radius 3 is 2.59 bits per heavy atom. The van der Waals surface area contributed by atoms with Gasteiger partial charge in [0.1, 0.15) is 0 Å².